The normalized spacial score (nSPS) is 20.6. The summed E-state index contributed by atoms with van der Waals surface area (Å²) in [6, 6.07) is 2.71. The highest BCUT2D eigenvalue weighted by Crippen LogP contribution is 2.22. The number of anilines is 1. The van der Waals surface area contributed by atoms with Gasteiger partial charge in [-0.2, -0.15) is 0 Å². The molecule has 0 spiro atoms. The van der Waals surface area contributed by atoms with Gasteiger partial charge in [-0.25, -0.2) is 9.97 Å². The fourth-order valence-electron chi connectivity index (χ4n) is 2.49. The summed E-state index contributed by atoms with van der Waals surface area (Å²) in [4.78, 5) is 11.1. The molecule has 0 aromatic carbocycles. The quantitative estimate of drug-likeness (QED) is 0.859. The highest BCUT2D eigenvalue weighted by Gasteiger charge is 2.22. The van der Waals surface area contributed by atoms with Gasteiger partial charge in [0.15, 0.2) is 0 Å². The molecule has 2 heterocycles. The predicted molar refractivity (Wildman–Crippen MR) is 70.3 cm³/mol. The van der Waals surface area contributed by atoms with E-state index in [4.69, 9.17) is 0 Å². The van der Waals surface area contributed by atoms with E-state index in [2.05, 4.69) is 33.2 Å². The first-order chi connectivity index (χ1) is 8.35. The lowest BCUT2D eigenvalue weighted by Gasteiger charge is -2.36. The number of nitrogens with zero attached hydrogens (tertiary/aromatic N) is 3. The summed E-state index contributed by atoms with van der Waals surface area (Å²) < 4.78 is 0. The third-order valence-corrected chi connectivity index (χ3v) is 3.43. The van der Waals surface area contributed by atoms with Crippen LogP contribution in [0.4, 0.5) is 5.82 Å². The van der Waals surface area contributed by atoms with Gasteiger partial charge in [0.1, 0.15) is 12.1 Å². The lowest BCUT2D eigenvalue weighted by molar-refractivity contribution is 0.443. The van der Waals surface area contributed by atoms with E-state index in [1.807, 2.05) is 7.05 Å². The van der Waals surface area contributed by atoms with Crippen LogP contribution in [0.25, 0.3) is 0 Å². The van der Waals surface area contributed by atoms with Crippen molar-refractivity contribution in [2.45, 2.75) is 38.6 Å². The van der Waals surface area contributed by atoms with Gasteiger partial charge >= 0.3 is 0 Å². The molecule has 0 saturated carbocycles. The van der Waals surface area contributed by atoms with Crippen molar-refractivity contribution >= 4 is 5.82 Å². The van der Waals surface area contributed by atoms with E-state index in [1.165, 1.54) is 19.3 Å². The number of hydrogen-bond donors (Lipinski definition) is 1. The van der Waals surface area contributed by atoms with E-state index in [0.717, 1.165) is 31.0 Å². The molecule has 1 aromatic heterocycles. The van der Waals surface area contributed by atoms with Gasteiger partial charge in [-0.05, 0) is 32.7 Å². The second-order valence-electron chi connectivity index (χ2n) is 4.62. The van der Waals surface area contributed by atoms with Crippen LogP contribution in [0.2, 0.25) is 0 Å². The van der Waals surface area contributed by atoms with Crippen LogP contribution in [-0.2, 0) is 6.42 Å². The van der Waals surface area contributed by atoms with E-state index in [-0.39, 0.29) is 0 Å². The number of likely N-dealkylation sites (N-methyl/N-ethyl adjacent to an activating group) is 1. The molecule has 1 N–H and O–H groups in total. The molecular formula is C13H22N4. The minimum absolute atomic E-state index is 0.577. The molecule has 1 aliphatic heterocycles. The first-order valence-electron chi connectivity index (χ1n) is 6.57. The molecule has 0 aliphatic carbocycles. The minimum atomic E-state index is 0.577. The van der Waals surface area contributed by atoms with Crippen LogP contribution in [-0.4, -0.2) is 36.1 Å². The summed E-state index contributed by atoms with van der Waals surface area (Å²) in [5.41, 5.74) is 1.13. The van der Waals surface area contributed by atoms with E-state index in [0.29, 0.717) is 6.04 Å². The Labute approximate surface area is 103 Å². The summed E-state index contributed by atoms with van der Waals surface area (Å²) in [6.07, 6.45) is 6.52. The van der Waals surface area contributed by atoms with E-state index in [1.54, 1.807) is 6.33 Å². The molecule has 1 unspecified atom stereocenters. The molecule has 17 heavy (non-hydrogen) atoms. The Bertz CT molecular complexity index is 351. The van der Waals surface area contributed by atoms with Crippen molar-refractivity contribution in [3.8, 4) is 0 Å². The molecule has 1 atom stereocenters. The van der Waals surface area contributed by atoms with Gasteiger partial charge in [0, 0.05) is 30.9 Å². The Morgan fingerprint density at radius 2 is 2.29 bits per heavy atom. The highest BCUT2D eigenvalue weighted by molar-refractivity contribution is 5.41. The summed E-state index contributed by atoms with van der Waals surface area (Å²) >= 11 is 0. The van der Waals surface area contributed by atoms with Crippen LogP contribution in [0.3, 0.4) is 0 Å². The van der Waals surface area contributed by atoms with Crippen molar-refractivity contribution in [1.82, 2.24) is 15.3 Å². The Kier molecular flexibility index (Phi) is 4.31. The number of nitrogens with one attached hydrogen (secondary N) is 1. The van der Waals surface area contributed by atoms with Crippen molar-refractivity contribution in [2.75, 3.05) is 25.0 Å². The topological polar surface area (TPSA) is 41.0 Å². The van der Waals surface area contributed by atoms with Crippen LogP contribution >= 0.6 is 0 Å². The maximum Gasteiger partial charge on any atom is 0.132 e. The molecule has 1 aliphatic rings. The highest BCUT2D eigenvalue weighted by atomic mass is 15.2. The van der Waals surface area contributed by atoms with Gasteiger partial charge in [0.25, 0.3) is 0 Å². The van der Waals surface area contributed by atoms with Gasteiger partial charge in [-0.1, -0.05) is 6.92 Å². The molecule has 0 amide bonds. The molecule has 94 valence electrons. The summed E-state index contributed by atoms with van der Waals surface area (Å²) in [7, 11) is 2.02. The van der Waals surface area contributed by atoms with Crippen LogP contribution in [0, 0.1) is 0 Å². The van der Waals surface area contributed by atoms with Crippen LogP contribution < -0.4 is 10.2 Å². The largest absolute Gasteiger partial charge is 0.352 e. The monoisotopic (exact) mass is 234 g/mol. The fourth-order valence-corrected chi connectivity index (χ4v) is 2.49. The average molecular weight is 234 g/mol. The van der Waals surface area contributed by atoms with Gasteiger partial charge in [-0.3, -0.25) is 0 Å². The molecular weight excluding hydrogens is 212 g/mol. The second-order valence-corrected chi connectivity index (χ2v) is 4.62. The molecule has 1 fully saturated rings. The first-order valence-corrected chi connectivity index (χ1v) is 6.57. The molecule has 0 bridgehead atoms. The average Bonchev–Trinajstić information content (AvgIpc) is 2.40. The predicted octanol–water partition coefficient (Wildman–Crippen LogP) is 1.62. The molecule has 0 radical (unpaired) electrons. The maximum atomic E-state index is 4.43. The third kappa shape index (κ3) is 2.94. The zero-order valence-corrected chi connectivity index (χ0v) is 10.8. The smallest absolute Gasteiger partial charge is 0.132 e. The van der Waals surface area contributed by atoms with Crippen molar-refractivity contribution in [3.05, 3.63) is 18.1 Å². The number of rotatable bonds is 4. The van der Waals surface area contributed by atoms with Gasteiger partial charge in [0.2, 0.25) is 0 Å². The molecule has 4 nitrogen and oxygen atoms in total. The van der Waals surface area contributed by atoms with Crippen LogP contribution in [0.15, 0.2) is 12.4 Å². The Morgan fingerprint density at radius 1 is 1.41 bits per heavy atom. The Hall–Kier alpha value is -1.16. The van der Waals surface area contributed by atoms with Gasteiger partial charge in [-0.15, -0.1) is 0 Å². The van der Waals surface area contributed by atoms with Crippen molar-refractivity contribution < 1.29 is 0 Å². The number of hydrogen-bond acceptors (Lipinski definition) is 4. The summed E-state index contributed by atoms with van der Waals surface area (Å²) in [5, 5.41) is 3.28. The Morgan fingerprint density at radius 3 is 3.06 bits per heavy atom. The SMILES string of the molecule is CCc1cc(N2CCCCC2CNC)ncn1. The van der Waals surface area contributed by atoms with E-state index in [9.17, 15) is 0 Å². The summed E-state index contributed by atoms with van der Waals surface area (Å²) in [6.45, 7) is 4.28. The van der Waals surface area contributed by atoms with E-state index < -0.39 is 0 Å². The molecule has 1 saturated heterocycles. The van der Waals surface area contributed by atoms with E-state index >= 15 is 0 Å². The fraction of sp³-hybridized carbons (Fsp3) is 0.692. The van der Waals surface area contributed by atoms with Crippen LogP contribution in [0.5, 0.6) is 0 Å². The number of aryl methyl sites for hydroxylation is 1. The summed E-state index contributed by atoms with van der Waals surface area (Å²) in [5.74, 6) is 1.09. The second kappa shape index (κ2) is 5.96. The zero-order valence-electron chi connectivity index (χ0n) is 10.8. The van der Waals surface area contributed by atoms with Crippen molar-refractivity contribution in [3.63, 3.8) is 0 Å². The lowest BCUT2D eigenvalue weighted by atomic mass is 10.0. The zero-order chi connectivity index (χ0) is 12.1. The standard InChI is InChI=1S/C13H22N4/c1-3-11-8-13(16-10-15-11)17-7-5-4-6-12(17)9-14-2/h8,10,12,14H,3-7,9H2,1-2H3. The first kappa shape index (κ1) is 12.3. The molecule has 1 aromatic rings. The Balaban J connectivity index is 2.16. The van der Waals surface area contributed by atoms with Crippen molar-refractivity contribution in [1.29, 1.82) is 0 Å². The number of piperidine rings is 1. The maximum absolute atomic E-state index is 4.43. The minimum Gasteiger partial charge on any atom is -0.352 e. The number of aromatic nitrogens is 2. The van der Waals surface area contributed by atoms with Gasteiger partial charge < -0.3 is 10.2 Å². The lowest BCUT2D eigenvalue weighted by Crippen LogP contribution is -2.45. The van der Waals surface area contributed by atoms with Crippen LogP contribution in [0.1, 0.15) is 31.9 Å². The third-order valence-electron chi connectivity index (χ3n) is 3.43. The van der Waals surface area contributed by atoms with Crippen molar-refractivity contribution in [2.24, 2.45) is 0 Å². The molecule has 4 heteroatoms. The van der Waals surface area contributed by atoms with Gasteiger partial charge in [0.05, 0.1) is 0 Å². The molecule has 2 rings (SSSR count).